The molecule has 0 aliphatic rings. The van der Waals surface area contributed by atoms with Crippen LogP contribution in [0.5, 0.6) is 0 Å². The Balaban J connectivity index is 0.893. The molecule has 4 nitrogen and oxygen atoms in total. The molecule has 0 spiro atoms. The van der Waals surface area contributed by atoms with Gasteiger partial charge in [0.05, 0.1) is 0 Å². The molecule has 0 unspecified atom stereocenters. The van der Waals surface area contributed by atoms with Gasteiger partial charge in [0.25, 0.3) is 0 Å². The quantitative estimate of drug-likeness (QED) is 0.121. The number of benzene rings is 14. The standard InChI is InChI=1S/C74H52N4/c1-2-24-63(25-3-1)76(70-31-26-53-14-4-9-19-58(53)48-70)67-42-36-64(37-43-67)75(65-38-44-68(45-39-65)77(71-32-27-54-15-5-10-20-59(54)49-71)72-33-28-55-16-6-11-21-60(55)50-72)66-40-46-69(47-41-66)78(73-34-29-56-17-7-12-22-61(56)51-73)74-35-30-57-18-8-13-23-62(57)52-74/h1-52H. The summed E-state index contributed by atoms with van der Waals surface area (Å²) < 4.78 is 0. The maximum atomic E-state index is 2.37. The Labute approximate surface area is 454 Å². The van der Waals surface area contributed by atoms with E-state index < -0.39 is 0 Å². The smallest absolute Gasteiger partial charge is 0.0468 e. The van der Waals surface area contributed by atoms with E-state index in [1.807, 2.05) is 0 Å². The molecule has 0 amide bonds. The zero-order valence-corrected chi connectivity index (χ0v) is 42.8. The highest BCUT2D eigenvalue weighted by atomic mass is 15.2. The zero-order valence-electron chi connectivity index (χ0n) is 42.8. The number of fused-ring (bicyclic) bond motifs is 5. The number of para-hydroxylation sites is 1. The number of hydrogen-bond donors (Lipinski definition) is 0. The van der Waals surface area contributed by atoms with Gasteiger partial charge in [0.15, 0.2) is 0 Å². The number of rotatable bonds is 12. The lowest BCUT2D eigenvalue weighted by Crippen LogP contribution is -2.14. The molecule has 0 radical (unpaired) electrons. The van der Waals surface area contributed by atoms with Crippen LogP contribution in [0.2, 0.25) is 0 Å². The molecule has 14 aromatic rings. The van der Waals surface area contributed by atoms with Crippen molar-refractivity contribution < 1.29 is 0 Å². The Morgan fingerprint density at radius 3 is 0.500 bits per heavy atom. The third-order valence-corrected chi connectivity index (χ3v) is 15.1. The molecule has 368 valence electrons. The fraction of sp³-hybridized carbons (Fsp3) is 0. The normalized spacial score (nSPS) is 11.3. The monoisotopic (exact) mass is 996 g/mol. The molecule has 0 bridgehead atoms. The van der Waals surface area contributed by atoms with Gasteiger partial charge in [-0.2, -0.15) is 0 Å². The molecule has 14 aromatic carbocycles. The average Bonchev–Trinajstić information content (AvgIpc) is 3.56. The molecule has 4 heteroatoms. The van der Waals surface area contributed by atoms with Gasteiger partial charge in [-0.25, -0.2) is 0 Å². The van der Waals surface area contributed by atoms with Gasteiger partial charge in [-0.3, -0.25) is 0 Å². The lowest BCUT2D eigenvalue weighted by atomic mass is 10.1. The summed E-state index contributed by atoms with van der Waals surface area (Å²) in [5, 5.41) is 12.0. The molecule has 0 saturated carbocycles. The first-order chi connectivity index (χ1) is 38.6. The van der Waals surface area contributed by atoms with Crippen LogP contribution in [0.15, 0.2) is 315 Å². The number of hydrogen-bond acceptors (Lipinski definition) is 4. The van der Waals surface area contributed by atoms with E-state index in [0.717, 1.165) is 68.2 Å². The van der Waals surface area contributed by atoms with E-state index in [1.165, 1.54) is 53.9 Å². The Hall–Kier alpha value is -10.4. The molecule has 0 heterocycles. The Kier molecular flexibility index (Phi) is 11.8. The topological polar surface area (TPSA) is 13.0 Å². The number of nitrogens with zero attached hydrogens (tertiary/aromatic N) is 4. The van der Waals surface area contributed by atoms with E-state index >= 15 is 0 Å². The molecule has 0 aromatic heterocycles. The second kappa shape index (κ2) is 20.0. The predicted molar refractivity (Wildman–Crippen MR) is 333 cm³/mol. The van der Waals surface area contributed by atoms with Crippen molar-refractivity contribution in [2.75, 3.05) is 19.6 Å². The third kappa shape index (κ3) is 8.87. The van der Waals surface area contributed by atoms with Crippen LogP contribution in [0.1, 0.15) is 0 Å². The highest BCUT2D eigenvalue weighted by Gasteiger charge is 2.21. The minimum Gasteiger partial charge on any atom is -0.310 e. The van der Waals surface area contributed by atoms with Gasteiger partial charge in [-0.05, 0) is 199 Å². The molecule has 78 heavy (non-hydrogen) atoms. The van der Waals surface area contributed by atoms with Gasteiger partial charge >= 0.3 is 0 Å². The summed E-state index contributed by atoms with van der Waals surface area (Å²) in [5.41, 5.74) is 12.9. The predicted octanol–water partition coefficient (Wildman–Crippen LogP) is 21.3. The highest BCUT2D eigenvalue weighted by Crippen LogP contribution is 2.45. The fourth-order valence-corrected chi connectivity index (χ4v) is 11.2. The van der Waals surface area contributed by atoms with Crippen LogP contribution in [0.3, 0.4) is 0 Å². The van der Waals surface area contributed by atoms with Gasteiger partial charge in [-0.1, -0.05) is 170 Å². The first kappa shape index (κ1) is 46.1. The first-order valence-electron chi connectivity index (χ1n) is 26.6. The van der Waals surface area contributed by atoms with Crippen LogP contribution in [-0.4, -0.2) is 0 Å². The largest absolute Gasteiger partial charge is 0.310 e. The van der Waals surface area contributed by atoms with Crippen LogP contribution in [0.25, 0.3) is 53.9 Å². The van der Waals surface area contributed by atoms with E-state index in [9.17, 15) is 0 Å². The second-order valence-electron chi connectivity index (χ2n) is 19.9. The van der Waals surface area contributed by atoms with E-state index in [-0.39, 0.29) is 0 Å². The first-order valence-corrected chi connectivity index (χ1v) is 26.6. The minimum atomic E-state index is 1.03. The van der Waals surface area contributed by atoms with Crippen molar-refractivity contribution in [1.82, 2.24) is 0 Å². The fourth-order valence-electron chi connectivity index (χ4n) is 11.2. The highest BCUT2D eigenvalue weighted by molar-refractivity contribution is 5.96. The summed E-state index contributed by atoms with van der Waals surface area (Å²) in [7, 11) is 0. The summed E-state index contributed by atoms with van der Waals surface area (Å²) in [6.45, 7) is 0. The summed E-state index contributed by atoms with van der Waals surface area (Å²) in [5.74, 6) is 0. The summed E-state index contributed by atoms with van der Waals surface area (Å²) in [6, 6.07) is 114. The Morgan fingerprint density at radius 2 is 0.269 bits per heavy atom. The molecule has 0 fully saturated rings. The maximum Gasteiger partial charge on any atom is 0.0468 e. The van der Waals surface area contributed by atoms with Crippen molar-refractivity contribution in [1.29, 1.82) is 0 Å². The van der Waals surface area contributed by atoms with Crippen LogP contribution < -0.4 is 19.6 Å². The average molecular weight is 997 g/mol. The van der Waals surface area contributed by atoms with E-state index in [2.05, 4.69) is 335 Å². The van der Waals surface area contributed by atoms with Gasteiger partial charge < -0.3 is 19.6 Å². The van der Waals surface area contributed by atoms with Crippen molar-refractivity contribution in [3.8, 4) is 0 Å². The van der Waals surface area contributed by atoms with Crippen molar-refractivity contribution in [3.05, 3.63) is 315 Å². The molecule has 0 aliphatic carbocycles. The minimum absolute atomic E-state index is 1.03. The second-order valence-corrected chi connectivity index (χ2v) is 19.9. The molecule has 0 aliphatic heterocycles. The Morgan fingerprint density at radius 1 is 0.115 bits per heavy atom. The summed E-state index contributed by atoms with van der Waals surface area (Å²) in [4.78, 5) is 9.45. The van der Waals surface area contributed by atoms with Crippen molar-refractivity contribution >= 4 is 122 Å². The summed E-state index contributed by atoms with van der Waals surface area (Å²) >= 11 is 0. The third-order valence-electron chi connectivity index (χ3n) is 15.1. The van der Waals surface area contributed by atoms with Crippen LogP contribution in [-0.2, 0) is 0 Å². The van der Waals surface area contributed by atoms with Crippen LogP contribution in [0.4, 0.5) is 68.2 Å². The lowest BCUT2D eigenvalue weighted by Gasteiger charge is -2.30. The lowest BCUT2D eigenvalue weighted by molar-refractivity contribution is 1.24. The van der Waals surface area contributed by atoms with Crippen LogP contribution in [0, 0.1) is 0 Å². The van der Waals surface area contributed by atoms with E-state index in [1.54, 1.807) is 0 Å². The SMILES string of the molecule is c1ccc(N(c2ccc(N(c3ccc(N(c4ccc5ccccc5c4)c4ccc5ccccc5c4)cc3)c3ccc(N(c4ccc5ccccc5c4)c4ccc5ccccc5c4)cc3)cc2)c2ccc3ccccc3c2)cc1. The summed E-state index contributed by atoms with van der Waals surface area (Å²) in [6.07, 6.45) is 0. The Bertz CT molecular complexity index is 4090. The van der Waals surface area contributed by atoms with Crippen LogP contribution >= 0.6 is 0 Å². The molecule has 0 atom stereocenters. The number of anilines is 12. The van der Waals surface area contributed by atoms with Crippen molar-refractivity contribution in [3.63, 3.8) is 0 Å². The molecular formula is C74H52N4. The van der Waals surface area contributed by atoms with Gasteiger partial charge in [-0.15, -0.1) is 0 Å². The van der Waals surface area contributed by atoms with E-state index in [4.69, 9.17) is 0 Å². The van der Waals surface area contributed by atoms with Gasteiger partial charge in [0.2, 0.25) is 0 Å². The molecule has 14 rings (SSSR count). The van der Waals surface area contributed by atoms with Gasteiger partial charge in [0, 0.05) is 68.2 Å². The van der Waals surface area contributed by atoms with E-state index in [0.29, 0.717) is 0 Å². The van der Waals surface area contributed by atoms with Crippen molar-refractivity contribution in [2.24, 2.45) is 0 Å². The molecule has 0 N–H and O–H groups in total. The molecular weight excluding hydrogens is 945 g/mol. The zero-order chi connectivity index (χ0) is 51.8. The molecule has 0 saturated heterocycles. The van der Waals surface area contributed by atoms with Crippen molar-refractivity contribution in [2.45, 2.75) is 0 Å². The van der Waals surface area contributed by atoms with Gasteiger partial charge in [0.1, 0.15) is 0 Å². The maximum absolute atomic E-state index is 2.37.